The zero-order valence-electron chi connectivity index (χ0n) is 9.40. The van der Waals surface area contributed by atoms with Crippen LogP contribution < -0.4 is 10.6 Å². The van der Waals surface area contributed by atoms with E-state index in [1.165, 1.54) is 6.07 Å². The topological polar surface area (TPSA) is 24.1 Å². The first-order valence-corrected chi connectivity index (χ1v) is 6.13. The van der Waals surface area contributed by atoms with E-state index in [0.29, 0.717) is 9.59 Å². The van der Waals surface area contributed by atoms with Crippen molar-refractivity contribution in [2.24, 2.45) is 0 Å². The number of thiocarbonyl (C=S) groups is 1. The third-order valence-corrected chi connectivity index (χ3v) is 2.76. The maximum atomic E-state index is 13.2. The number of rotatable bonds is 2. The monoisotopic (exact) mass is 304 g/mol. The van der Waals surface area contributed by atoms with Gasteiger partial charge in [0.25, 0.3) is 0 Å². The zero-order chi connectivity index (χ0) is 12.3. The van der Waals surface area contributed by atoms with Crippen molar-refractivity contribution >= 4 is 38.9 Å². The van der Waals surface area contributed by atoms with Gasteiger partial charge in [-0.15, -0.1) is 0 Å². The molecule has 0 saturated heterocycles. The van der Waals surface area contributed by atoms with E-state index < -0.39 is 0 Å². The van der Waals surface area contributed by atoms with Crippen LogP contribution in [0, 0.1) is 12.7 Å². The molecule has 0 bridgehead atoms. The SMILES string of the molecule is Cc1cc(F)c(Br)cc1NC(=S)NC(C)C. The van der Waals surface area contributed by atoms with Crippen LogP contribution in [0.15, 0.2) is 16.6 Å². The molecule has 0 saturated carbocycles. The molecule has 0 unspecified atom stereocenters. The summed E-state index contributed by atoms with van der Waals surface area (Å²) in [6.45, 7) is 5.83. The Morgan fingerprint density at radius 2 is 2.06 bits per heavy atom. The van der Waals surface area contributed by atoms with Gasteiger partial charge in [-0.2, -0.15) is 0 Å². The molecule has 1 aromatic carbocycles. The van der Waals surface area contributed by atoms with Crippen molar-refractivity contribution in [2.75, 3.05) is 5.32 Å². The average Bonchev–Trinajstić information content (AvgIpc) is 2.12. The first-order valence-electron chi connectivity index (χ1n) is 4.93. The summed E-state index contributed by atoms with van der Waals surface area (Å²) >= 11 is 8.26. The van der Waals surface area contributed by atoms with E-state index in [9.17, 15) is 4.39 Å². The Hall–Kier alpha value is -0.680. The summed E-state index contributed by atoms with van der Waals surface area (Å²) in [5.41, 5.74) is 1.61. The Bertz CT molecular complexity index is 407. The van der Waals surface area contributed by atoms with E-state index in [0.717, 1.165) is 11.3 Å². The van der Waals surface area contributed by atoms with Crippen molar-refractivity contribution < 1.29 is 4.39 Å². The van der Waals surface area contributed by atoms with Crippen molar-refractivity contribution in [2.45, 2.75) is 26.8 Å². The number of anilines is 1. The highest BCUT2D eigenvalue weighted by atomic mass is 79.9. The fourth-order valence-corrected chi connectivity index (χ4v) is 1.89. The highest BCUT2D eigenvalue weighted by Crippen LogP contribution is 2.24. The lowest BCUT2D eigenvalue weighted by Crippen LogP contribution is -2.34. The van der Waals surface area contributed by atoms with Gasteiger partial charge in [-0.3, -0.25) is 0 Å². The van der Waals surface area contributed by atoms with Gasteiger partial charge in [0, 0.05) is 11.7 Å². The van der Waals surface area contributed by atoms with Crippen LogP contribution in [0.2, 0.25) is 0 Å². The molecule has 1 aromatic rings. The van der Waals surface area contributed by atoms with Crippen LogP contribution >= 0.6 is 28.1 Å². The minimum absolute atomic E-state index is 0.268. The molecule has 16 heavy (non-hydrogen) atoms. The summed E-state index contributed by atoms with van der Waals surface area (Å²) in [6, 6.07) is 3.41. The number of aryl methyl sites for hydroxylation is 1. The molecule has 0 radical (unpaired) electrons. The van der Waals surface area contributed by atoms with E-state index in [1.54, 1.807) is 6.07 Å². The summed E-state index contributed by atoms with van der Waals surface area (Å²) < 4.78 is 13.6. The zero-order valence-corrected chi connectivity index (χ0v) is 11.8. The van der Waals surface area contributed by atoms with Crippen molar-refractivity contribution in [3.8, 4) is 0 Å². The molecule has 2 N–H and O–H groups in total. The van der Waals surface area contributed by atoms with E-state index in [2.05, 4.69) is 26.6 Å². The number of hydrogen-bond acceptors (Lipinski definition) is 1. The fourth-order valence-electron chi connectivity index (χ4n) is 1.20. The second-order valence-electron chi connectivity index (χ2n) is 3.83. The molecular formula is C11H14BrFN2S. The minimum atomic E-state index is -0.272. The first kappa shape index (κ1) is 13.4. The lowest BCUT2D eigenvalue weighted by atomic mass is 10.2. The molecule has 0 heterocycles. The molecule has 1 rings (SSSR count). The van der Waals surface area contributed by atoms with Crippen LogP contribution in [0.4, 0.5) is 10.1 Å². The van der Waals surface area contributed by atoms with Crippen molar-refractivity contribution in [1.82, 2.24) is 5.32 Å². The predicted molar refractivity (Wildman–Crippen MR) is 73.3 cm³/mol. The molecule has 0 aromatic heterocycles. The molecule has 0 fully saturated rings. The van der Waals surface area contributed by atoms with E-state index in [1.807, 2.05) is 20.8 Å². The third kappa shape index (κ3) is 3.72. The van der Waals surface area contributed by atoms with Gasteiger partial charge in [-0.1, -0.05) is 0 Å². The number of nitrogens with one attached hydrogen (secondary N) is 2. The summed E-state index contributed by atoms with van der Waals surface area (Å²) in [6.07, 6.45) is 0. The largest absolute Gasteiger partial charge is 0.360 e. The molecule has 0 aliphatic heterocycles. The van der Waals surface area contributed by atoms with Crippen LogP contribution in [0.1, 0.15) is 19.4 Å². The standard InChI is InChI=1S/C11H14BrFN2S/c1-6(2)14-11(16)15-10-5-8(12)9(13)4-7(10)3/h4-6H,1-3H3,(H2,14,15,16). The highest BCUT2D eigenvalue weighted by Gasteiger charge is 2.06. The van der Waals surface area contributed by atoms with Gasteiger partial charge in [0.05, 0.1) is 4.47 Å². The van der Waals surface area contributed by atoms with Gasteiger partial charge in [0.2, 0.25) is 0 Å². The Morgan fingerprint density at radius 3 is 2.62 bits per heavy atom. The Kier molecular flexibility index (Phi) is 4.68. The van der Waals surface area contributed by atoms with Gasteiger partial charge in [-0.25, -0.2) is 4.39 Å². The van der Waals surface area contributed by atoms with E-state index in [-0.39, 0.29) is 11.9 Å². The summed E-state index contributed by atoms with van der Waals surface area (Å²) in [5.74, 6) is -0.272. The van der Waals surface area contributed by atoms with Crippen molar-refractivity contribution in [1.29, 1.82) is 0 Å². The lowest BCUT2D eigenvalue weighted by Gasteiger charge is -2.15. The van der Waals surface area contributed by atoms with Crippen LogP contribution in [-0.4, -0.2) is 11.2 Å². The van der Waals surface area contributed by atoms with Gasteiger partial charge < -0.3 is 10.6 Å². The maximum Gasteiger partial charge on any atom is 0.170 e. The molecule has 5 heteroatoms. The normalized spacial score (nSPS) is 10.4. The summed E-state index contributed by atoms with van der Waals surface area (Å²) in [7, 11) is 0. The maximum absolute atomic E-state index is 13.2. The second kappa shape index (κ2) is 5.59. The molecule has 0 atom stereocenters. The van der Waals surface area contributed by atoms with Crippen LogP contribution in [-0.2, 0) is 0 Å². The average molecular weight is 305 g/mol. The highest BCUT2D eigenvalue weighted by molar-refractivity contribution is 9.10. The van der Waals surface area contributed by atoms with E-state index >= 15 is 0 Å². The van der Waals surface area contributed by atoms with E-state index in [4.69, 9.17) is 12.2 Å². The second-order valence-corrected chi connectivity index (χ2v) is 5.10. The van der Waals surface area contributed by atoms with Gasteiger partial charge in [-0.05, 0) is 66.6 Å². The molecular weight excluding hydrogens is 291 g/mol. The molecule has 88 valence electrons. The quantitative estimate of drug-likeness (QED) is 0.817. The van der Waals surface area contributed by atoms with Crippen molar-refractivity contribution in [3.05, 3.63) is 28.0 Å². The van der Waals surface area contributed by atoms with Gasteiger partial charge in [0.1, 0.15) is 5.82 Å². The predicted octanol–water partition coefficient (Wildman–Crippen LogP) is 3.59. The number of halogens is 2. The summed E-state index contributed by atoms with van der Waals surface area (Å²) in [5, 5.41) is 6.64. The Balaban J connectivity index is 2.81. The Labute approximate surface area is 109 Å². The molecule has 0 spiro atoms. The van der Waals surface area contributed by atoms with Crippen molar-refractivity contribution in [3.63, 3.8) is 0 Å². The van der Waals surface area contributed by atoms with Crippen LogP contribution in [0.3, 0.4) is 0 Å². The van der Waals surface area contributed by atoms with Gasteiger partial charge in [0.15, 0.2) is 5.11 Å². The number of benzene rings is 1. The molecule has 0 aliphatic rings. The summed E-state index contributed by atoms with van der Waals surface area (Å²) in [4.78, 5) is 0. The first-order chi connectivity index (χ1) is 7.40. The fraction of sp³-hybridized carbons (Fsp3) is 0.364. The third-order valence-electron chi connectivity index (χ3n) is 1.94. The number of hydrogen-bond donors (Lipinski definition) is 2. The lowest BCUT2D eigenvalue weighted by molar-refractivity contribution is 0.620. The minimum Gasteiger partial charge on any atom is -0.360 e. The molecule has 2 nitrogen and oxygen atoms in total. The molecule has 0 aliphatic carbocycles. The van der Waals surface area contributed by atoms with Crippen LogP contribution in [0.5, 0.6) is 0 Å². The van der Waals surface area contributed by atoms with Gasteiger partial charge >= 0.3 is 0 Å². The molecule has 0 amide bonds. The Morgan fingerprint density at radius 1 is 1.44 bits per heavy atom. The smallest absolute Gasteiger partial charge is 0.170 e. The van der Waals surface area contributed by atoms with Crippen LogP contribution in [0.25, 0.3) is 0 Å².